The van der Waals surface area contributed by atoms with Crippen LogP contribution in [0.4, 0.5) is 11.4 Å². The second kappa shape index (κ2) is 10.4. The van der Waals surface area contributed by atoms with Crippen molar-refractivity contribution in [1.29, 1.82) is 0 Å². The molecular formula is C25H28N4O5. The SMILES string of the molecule is COc1ccc(OC)c(NC(=O)c2nc(C3CCNCC3)oc2-c2ccc(NC(C)=O)cc2)c1. The number of amides is 2. The molecule has 2 heterocycles. The number of nitrogens with one attached hydrogen (secondary N) is 3. The largest absolute Gasteiger partial charge is 0.497 e. The van der Waals surface area contributed by atoms with E-state index in [2.05, 4.69) is 20.9 Å². The molecule has 9 heteroatoms. The van der Waals surface area contributed by atoms with Gasteiger partial charge in [0, 0.05) is 30.2 Å². The summed E-state index contributed by atoms with van der Waals surface area (Å²) in [5.41, 5.74) is 1.99. The maximum atomic E-state index is 13.4. The number of nitrogens with zero attached hydrogens (tertiary/aromatic N) is 1. The van der Waals surface area contributed by atoms with Crippen molar-refractivity contribution in [3.05, 3.63) is 54.0 Å². The van der Waals surface area contributed by atoms with Gasteiger partial charge in [-0.15, -0.1) is 0 Å². The fourth-order valence-electron chi connectivity index (χ4n) is 3.93. The fourth-order valence-corrected chi connectivity index (χ4v) is 3.93. The Hall–Kier alpha value is -3.85. The van der Waals surface area contributed by atoms with Crippen LogP contribution in [0.15, 0.2) is 46.9 Å². The van der Waals surface area contributed by atoms with Crippen molar-refractivity contribution in [3.8, 4) is 22.8 Å². The first kappa shape index (κ1) is 23.3. The van der Waals surface area contributed by atoms with E-state index in [0.29, 0.717) is 40.1 Å². The molecule has 1 fully saturated rings. The molecule has 1 saturated heterocycles. The highest BCUT2D eigenvalue weighted by atomic mass is 16.5. The summed E-state index contributed by atoms with van der Waals surface area (Å²) < 4.78 is 16.8. The molecular weight excluding hydrogens is 436 g/mol. The second-order valence-electron chi connectivity index (χ2n) is 8.03. The van der Waals surface area contributed by atoms with Gasteiger partial charge in [-0.05, 0) is 62.3 Å². The maximum absolute atomic E-state index is 13.4. The van der Waals surface area contributed by atoms with Crippen molar-refractivity contribution in [2.75, 3.05) is 37.9 Å². The molecule has 0 aliphatic carbocycles. The Labute approximate surface area is 197 Å². The van der Waals surface area contributed by atoms with Crippen LogP contribution in [0.5, 0.6) is 11.5 Å². The standard InChI is InChI=1S/C25H28N4O5/c1-15(30)27-18-6-4-16(5-7-18)23-22(29-25(34-23)17-10-12-26-13-11-17)24(31)28-20-14-19(32-2)8-9-21(20)33-3/h4-9,14,17,26H,10-13H2,1-3H3,(H,27,30)(H,28,31). The van der Waals surface area contributed by atoms with Gasteiger partial charge in [-0.25, -0.2) is 4.98 Å². The lowest BCUT2D eigenvalue weighted by atomic mass is 9.98. The Morgan fingerprint density at radius 1 is 1.03 bits per heavy atom. The topological polar surface area (TPSA) is 115 Å². The predicted octanol–water partition coefficient (Wildman–Crippen LogP) is 4.04. The molecule has 2 aromatic carbocycles. The molecule has 2 amide bonds. The molecule has 34 heavy (non-hydrogen) atoms. The number of oxazole rings is 1. The molecule has 0 bridgehead atoms. The number of carbonyl (C=O) groups is 2. The van der Waals surface area contributed by atoms with Crippen LogP contribution in [0.25, 0.3) is 11.3 Å². The maximum Gasteiger partial charge on any atom is 0.278 e. The summed E-state index contributed by atoms with van der Waals surface area (Å²) in [4.78, 5) is 29.4. The lowest BCUT2D eigenvalue weighted by Crippen LogP contribution is -2.26. The van der Waals surface area contributed by atoms with Crippen LogP contribution in [-0.4, -0.2) is 44.1 Å². The molecule has 0 radical (unpaired) electrons. The number of hydrogen-bond donors (Lipinski definition) is 3. The van der Waals surface area contributed by atoms with Gasteiger partial charge in [0.2, 0.25) is 5.91 Å². The van der Waals surface area contributed by atoms with Crippen LogP contribution >= 0.6 is 0 Å². The monoisotopic (exact) mass is 464 g/mol. The highest BCUT2D eigenvalue weighted by Crippen LogP contribution is 2.34. The van der Waals surface area contributed by atoms with Crippen molar-refractivity contribution in [3.63, 3.8) is 0 Å². The first-order chi connectivity index (χ1) is 16.5. The average Bonchev–Trinajstić information content (AvgIpc) is 3.30. The highest BCUT2D eigenvalue weighted by Gasteiger charge is 2.27. The zero-order valence-electron chi connectivity index (χ0n) is 19.4. The van der Waals surface area contributed by atoms with Crippen LogP contribution < -0.4 is 25.4 Å². The summed E-state index contributed by atoms with van der Waals surface area (Å²) in [6.45, 7) is 3.19. The van der Waals surface area contributed by atoms with E-state index in [1.54, 1.807) is 49.6 Å². The van der Waals surface area contributed by atoms with E-state index in [1.807, 2.05) is 0 Å². The third-order valence-corrected chi connectivity index (χ3v) is 5.67. The van der Waals surface area contributed by atoms with Crippen LogP contribution in [0.1, 0.15) is 42.1 Å². The first-order valence-electron chi connectivity index (χ1n) is 11.1. The predicted molar refractivity (Wildman–Crippen MR) is 129 cm³/mol. The molecule has 4 rings (SSSR count). The number of rotatable bonds is 7. The minimum Gasteiger partial charge on any atom is -0.497 e. The smallest absolute Gasteiger partial charge is 0.278 e. The molecule has 3 aromatic rings. The van der Waals surface area contributed by atoms with Gasteiger partial charge in [-0.3, -0.25) is 9.59 Å². The number of anilines is 2. The zero-order valence-corrected chi connectivity index (χ0v) is 19.4. The van der Waals surface area contributed by atoms with E-state index < -0.39 is 5.91 Å². The van der Waals surface area contributed by atoms with Gasteiger partial charge in [-0.1, -0.05) is 0 Å². The van der Waals surface area contributed by atoms with Crippen molar-refractivity contribution < 1.29 is 23.5 Å². The first-order valence-corrected chi connectivity index (χ1v) is 11.1. The molecule has 0 spiro atoms. The molecule has 0 atom stereocenters. The van der Waals surface area contributed by atoms with Gasteiger partial charge in [-0.2, -0.15) is 0 Å². The minimum atomic E-state index is -0.420. The Kier molecular flexibility index (Phi) is 7.12. The van der Waals surface area contributed by atoms with E-state index in [-0.39, 0.29) is 17.5 Å². The number of piperidine rings is 1. The minimum absolute atomic E-state index is 0.131. The molecule has 3 N–H and O–H groups in total. The van der Waals surface area contributed by atoms with Crippen LogP contribution in [0.3, 0.4) is 0 Å². The highest BCUT2D eigenvalue weighted by molar-refractivity contribution is 6.07. The lowest BCUT2D eigenvalue weighted by Gasteiger charge is -2.19. The van der Waals surface area contributed by atoms with Gasteiger partial charge in [0.25, 0.3) is 5.91 Å². The van der Waals surface area contributed by atoms with Crippen molar-refractivity contribution in [1.82, 2.24) is 10.3 Å². The normalized spacial score (nSPS) is 13.9. The van der Waals surface area contributed by atoms with Crippen molar-refractivity contribution in [2.45, 2.75) is 25.7 Å². The van der Waals surface area contributed by atoms with Gasteiger partial charge < -0.3 is 29.8 Å². The number of ether oxygens (including phenoxy) is 2. The molecule has 0 unspecified atom stereocenters. The van der Waals surface area contributed by atoms with Crippen LogP contribution in [0.2, 0.25) is 0 Å². The molecule has 1 aromatic heterocycles. The number of carbonyl (C=O) groups excluding carboxylic acids is 2. The molecule has 1 aliphatic rings. The number of methoxy groups -OCH3 is 2. The molecule has 9 nitrogen and oxygen atoms in total. The summed E-state index contributed by atoms with van der Waals surface area (Å²) in [7, 11) is 3.09. The number of benzene rings is 2. The third kappa shape index (κ3) is 5.20. The van der Waals surface area contributed by atoms with E-state index in [9.17, 15) is 9.59 Å². The Balaban J connectivity index is 1.69. The lowest BCUT2D eigenvalue weighted by molar-refractivity contribution is -0.114. The van der Waals surface area contributed by atoms with E-state index in [4.69, 9.17) is 13.9 Å². The Bertz CT molecular complexity index is 1170. The number of hydrogen-bond acceptors (Lipinski definition) is 7. The molecule has 1 aliphatic heterocycles. The summed E-state index contributed by atoms with van der Waals surface area (Å²) in [6.07, 6.45) is 1.76. The van der Waals surface area contributed by atoms with Crippen LogP contribution in [-0.2, 0) is 4.79 Å². The summed E-state index contributed by atoms with van der Waals surface area (Å²) in [5, 5.41) is 8.95. The van der Waals surface area contributed by atoms with Crippen molar-refractivity contribution >= 4 is 23.2 Å². The Morgan fingerprint density at radius 2 is 1.76 bits per heavy atom. The third-order valence-electron chi connectivity index (χ3n) is 5.67. The van der Waals surface area contributed by atoms with Gasteiger partial charge in [0.15, 0.2) is 17.3 Å². The van der Waals surface area contributed by atoms with Crippen molar-refractivity contribution in [2.24, 2.45) is 0 Å². The van der Waals surface area contributed by atoms with Gasteiger partial charge in [0.05, 0.1) is 19.9 Å². The van der Waals surface area contributed by atoms with Gasteiger partial charge >= 0.3 is 0 Å². The van der Waals surface area contributed by atoms with Gasteiger partial charge in [0.1, 0.15) is 11.5 Å². The Morgan fingerprint density at radius 3 is 2.41 bits per heavy atom. The summed E-state index contributed by atoms with van der Waals surface area (Å²) >= 11 is 0. The molecule has 178 valence electrons. The average molecular weight is 465 g/mol. The van der Waals surface area contributed by atoms with E-state index in [1.165, 1.54) is 14.0 Å². The zero-order chi connectivity index (χ0) is 24.1. The van der Waals surface area contributed by atoms with E-state index in [0.717, 1.165) is 25.9 Å². The second-order valence-corrected chi connectivity index (χ2v) is 8.03. The fraction of sp³-hybridized carbons (Fsp3) is 0.320. The quantitative estimate of drug-likeness (QED) is 0.483. The van der Waals surface area contributed by atoms with E-state index >= 15 is 0 Å². The molecule has 0 saturated carbocycles. The van der Waals surface area contributed by atoms with Crippen LogP contribution in [0, 0.1) is 0 Å². The summed E-state index contributed by atoms with van der Waals surface area (Å²) in [6, 6.07) is 12.3. The number of aromatic nitrogens is 1. The summed E-state index contributed by atoms with van der Waals surface area (Å²) in [5.74, 6) is 1.56.